The minimum atomic E-state index is -0.559. The van der Waals surface area contributed by atoms with Crippen molar-refractivity contribution in [3.05, 3.63) is 17.3 Å². The molecule has 2 rings (SSSR count). The highest BCUT2D eigenvalue weighted by Gasteiger charge is 2.21. The first-order valence-corrected chi connectivity index (χ1v) is 4.48. The largest absolute Gasteiger partial charge is 0.472 e. The van der Waals surface area contributed by atoms with Crippen LogP contribution in [0.1, 0.15) is 19.3 Å². The zero-order chi connectivity index (χ0) is 9.26. The molecule has 5 heteroatoms. The first-order valence-electron chi connectivity index (χ1n) is 4.10. The predicted molar refractivity (Wildman–Crippen MR) is 45.3 cm³/mol. The quantitative estimate of drug-likeness (QED) is 0.690. The van der Waals surface area contributed by atoms with Crippen molar-refractivity contribution >= 4 is 11.6 Å². The SMILES string of the molecule is Fc1cnc(Cl)nc1OC1CCC1. The van der Waals surface area contributed by atoms with Crippen LogP contribution in [-0.2, 0) is 0 Å². The van der Waals surface area contributed by atoms with E-state index in [1.807, 2.05) is 0 Å². The second-order valence-corrected chi connectivity index (χ2v) is 3.30. The van der Waals surface area contributed by atoms with Crippen LogP contribution < -0.4 is 4.74 Å². The molecule has 3 nitrogen and oxygen atoms in total. The normalized spacial score (nSPS) is 16.8. The summed E-state index contributed by atoms with van der Waals surface area (Å²) in [5, 5.41) is 0.00993. The minimum absolute atomic E-state index is 0.00993. The van der Waals surface area contributed by atoms with E-state index in [1.165, 1.54) is 0 Å². The summed E-state index contributed by atoms with van der Waals surface area (Å²) in [5.41, 5.74) is 0. The highest BCUT2D eigenvalue weighted by atomic mass is 35.5. The van der Waals surface area contributed by atoms with Gasteiger partial charge in [-0.05, 0) is 30.9 Å². The molecule has 0 unspecified atom stereocenters. The smallest absolute Gasteiger partial charge is 0.255 e. The lowest BCUT2D eigenvalue weighted by atomic mass is 9.96. The standard InChI is InChI=1S/C8H8ClFN2O/c9-8-11-4-6(10)7(12-8)13-5-2-1-3-5/h4-5H,1-3H2. The summed E-state index contributed by atoms with van der Waals surface area (Å²) in [4.78, 5) is 7.14. The maximum Gasteiger partial charge on any atom is 0.255 e. The Balaban J connectivity index is 2.13. The Hall–Kier alpha value is -0.900. The molecule has 0 aliphatic heterocycles. The van der Waals surface area contributed by atoms with E-state index in [4.69, 9.17) is 16.3 Å². The third kappa shape index (κ3) is 1.88. The average molecular weight is 203 g/mol. The van der Waals surface area contributed by atoms with Gasteiger partial charge in [-0.2, -0.15) is 9.37 Å². The van der Waals surface area contributed by atoms with E-state index in [-0.39, 0.29) is 17.3 Å². The van der Waals surface area contributed by atoms with Crippen molar-refractivity contribution in [2.45, 2.75) is 25.4 Å². The van der Waals surface area contributed by atoms with E-state index in [0.717, 1.165) is 25.5 Å². The molecular formula is C8H8ClFN2O. The Morgan fingerprint density at radius 1 is 1.54 bits per heavy atom. The Bertz CT molecular complexity index is 317. The van der Waals surface area contributed by atoms with Crippen LogP contribution in [0.25, 0.3) is 0 Å². The summed E-state index contributed by atoms with van der Waals surface area (Å²) in [6, 6.07) is 0. The second kappa shape index (κ2) is 3.46. The molecule has 1 aromatic heterocycles. The van der Waals surface area contributed by atoms with E-state index in [9.17, 15) is 4.39 Å². The molecule has 0 radical (unpaired) electrons. The summed E-state index contributed by atoms with van der Waals surface area (Å²) in [7, 11) is 0. The average Bonchev–Trinajstić information content (AvgIpc) is 2.03. The third-order valence-corrected chi connectivity index (χ3v) is 2.20. The van der Waals surface area contributed by atoms with Crippen molar-refractivity contribution in [1.29, 1.82) is 0 Å². The van der Waals surface area contributed by atoms with E-state index < -0.39 is 5.82 Å². The fraction of sp³-hybridized carbons (Fsp3) is 0.500. The molecule has 1 aliphatic rings. The maximum atomic E-state index is 13.0. The number of halogens is 2. The molecule has 1 aromatic rings. The van der Waals surface area contributed by atoms with E-state index in [0.29, 0.717) is 0 Å². The summed E-state index contributed by atoms with van der Waals surface area (Å²) in [5.74, 6) is -0.596. The van der Waals surface area contributed by atoms with Crippen LogP contribution in [0, 0.1) is 5.82 Å². The molecule has 0 atom stereocenters. The lowest BCUT2D eigenvalue weighted by Gasteiger charge is -2.25. The molecule has 13 heavy (non-hydrogen) atoms. The van der Waals surface area contributed by atoms with Crippen LogP contribution in [0.3, 0.4) is 0 Å². The minimum Gasteiger partial charge on any atom is -0.472 e. The molecule has 0 spiro atoms. The number of aromatic nitrogens is 2. The molecular weight excluding hydrogens is 195 g/mol. The number of rotatable bonds is 2. The molecule has 1 aliphatic carbocycles. The van der Waals surface area contributed by atoms with Crippen LogP contribution >= 0.6 is 11.6 Å². The summed E-state index contributed by atoms with van der Waals surface area (Å²) in [6.07, 6.45) is 4.16. The lowest BCUT2D eigenvalue weighted by Crippen LogP contribution is -2.25. The number of hydrogen-bond acceptors (Lipinski definition) is 3. The molecule has 1 heterocycles. The summed E-state index contributed by atoms with van der Waals surface area (Å²) < 4.78 is 18.2. The van der Waals surface area contributed by atoms with Gasteiger partial charge in [0, 0.05) is 0 Å². The predicted octanol–water partition coefficient (Wildman–Crippen LogP) is 2.20. The van der Waals surface area contributed by atoms with E-state index in [1.54, 1.807) is 0 Å². The van der Waals surface area contributed by atoms with Crippen LogP contribution in [-0.4, -0.2) is 16.1 Å². The zero-order valence-electron chi connectivity index (χ0n) is 6.83. The van der Waals surface area contributed by atoms with Gasteiger partial charge in [0.05, 0.1) is 6.20 Å². The molecule has 70 valence electrons. The molecule has 0 bridgehead atoms. The molecule has 1 saturated carbocycles. The van der Waals surface area contributed by atoms with Gasteiger partial charge in [0.15, 0.2) is 0 Å². The van der Waals surface area contributed by atoms with Crippen LogP contribution in [0.4, 0.5) is 4.39 Å². The van der Waals surface area contributed by atoms with Crippen molar-refractivity contribution in [2.24, 2.45) is 0 Å². The van der Waals surface area contributed by atoms with Gasteiger partial charge in [0.2, 0.25) is 11.1 Å². The van der Waals surface area contributed by atoms with Crippen LogP contribution in [0.2, 0.25) is 5.28 Å². The highest BCUT2D eigenvalue weighted by molar-refractivity contribution is 6.28. The van der Waals surface area contributed by atoms with Gasteiger partial charge in [-0.25, -0.2) is 4.98 Å². The Kier molecular flexibility index (Phi) is 2.31. The Morgan fingerprint density at radius 3 is 2.92 bits per heavy atom. The fourth-order valence-electron chi connectivity index (χ4n) is 1.06. The van der Waals surface area contributed by atoms with Gasteiger partial charge >= 0.3 is 0 Å². The fourth-order valence-corrected chi connectivity index (χ4v) is 1.19. The van der Waals surface area contributed by atoms with Gasteiger partial charge in [-0.15, -0.1) is 0 Å². The van der Waals surface area contributed by atoms with Crippen LogP contribution in [0.15, 0.2) is 6.20 Å². The topological polar surface area (TPSA) is 35.0 Å². The lowest BCUT2D eigenvalue weighted by molar-refractivity contribution is 0.108. The molecule has 0 aromatic carbocycles. The molecule has 1 fully saturated rings. The van der Waals surface area contributed by atoms with Crippen molar-refractivity contribution in [1.82, 2.24) is 9.97 Å². The second-order valence-electron chi connectivity index (χ2n) is 2.96. The highest BCUT2D eigenvalue weighted by Crippen LogP contribution is 2.25. The van der Waals surface area contributed by atoms with Gasteiger partial charge in [0.25, 0.3) is 5.88 Å². The maximum absolute atomic E-state index is 13.0. The van der Waals surface area contributed by atoms with Crippen LogP contribution in [0.5, 0.6) is 5.88 Å². The first kappa shape index (κ1) is 8.69. The number of ether oxygens (including phenoxy) is 1. The third-order valence-electron chi connectivity index (χ3n) is 2.01. The van der Waals surface area contributed by atoms with E-state index >= 15 is 0 Å². The molecule has 0 saturated heterocycles. The summed E-state index contributed by atoms with van der Waals surface area (Å²) >= 11 is 5.49. The van der Waals surface area contributed by atoms with Gasteiger partial charge < -0.3 is 4.74 Å². The van der Waals surface area contributed by atoms with Crippen molar-refractivity contribution < 1.29 is 9.13 Å². The van der Waals surface area contributed by atoms with Crippen molar-refractivity contribution in [2.75, 3.05) is 0 Å². The van der Waals surface area contributed by atoms with Crippen molar-refractivity contribution in [3.63, 3.8) is 0 Å². The van der Waals surface area contributed by atoms with Gasteiger partial charge in [0.1, 0.15) is 6.10 Å². The molecule has 0 amide bonds. The molecule has 0 N–H and O–H groups in total. The Labute approximate surface area is 79.9 Å². The number of nitrogens with zero attached hydrogens (tertiary/aromatic N) is 2. The van der Waals surface area contributed by atoms with E-state index in [2.05, 4.69) is 9.97 Å². The number of hydrogen-bond donors (Lipinski definition) is 0. The van der Waals surface area contributed by atoms with Gasteiger partial charge in [-0.3, -0.25) is 0 Å². The summed E-state index contributed by atoms with van der Waals surface area (Å²) in [6.45, 7) is 0. The monoisotopic (exact) mass is 202 g/mol. The Morgan fingerprint density at radius 2 is 2.31 bits per heavy atom. The zero-order valence-corrected chi connectivity index (χ0v) is 7.59. The van der Waals surface area contributed by atoms with Crippen molar-refractivity contribution in [3.8, 4) is 5.88 Å². The first-order chi connectivity index (χ1) is 6.25. The van der Waals surface area contributed by atoms with Gasteiger partial charge in [-0.1, -0.05) is 0 Å².